The van der Waals surface area contributed by atoms with Crippen LogP contribution in [-0.2, 0) is 20.1 Å². The molecular formula is C31H24IrN2O-2. The molecule has 0 spiro atoms. The molecule has 3 heterocycles. The fraction of sp³-hybridized carbons (Fsp3) is 0.0968. The van der Waals surface area contributed by atoms with E-state index in [0.717, 1.165) is 50.0 Å². The van der Waals surface area contributed by atoms with Crippen molar-refractivity contribution in [3.05, 3.63) is 120 Å². The third kappa shape index (κ3) is 5.24. The van der Waals surface area contributed by atoms with Crippen LogP contribution in [0.4, 0.5) is 0 Å². The Kier molecular flexibility index (Phi) is 7.55. The maximum atomic E-state index is 6.00. The zero-order valence-electron chi connectivity index (χ0n) is 19.8. The molecule has 3 nitrogen and oxygen atoms in total. The van der Waals surface area contributed by atoms with Crippen LogP contribution in [0, 0.1) is 32.9 Å². The Morgan fingerprint density at radius 3 is 2.23 bits per heavy atom. The minimum absolute atomic E-state index is 0. The molecule has 6 rings (SSSR count). The van der Waals surface area contributed by atoms with E-state index in [-0.39, 0.29) is 20.1 Å². The summed E-state index contributed by atoms with van der Waals surface area (Å²) in [6, 6.07) is 32.5. The van der Waals surface area contributed by atoms with Gasteiger partial charge in [0.05, 0.1) is 5.58 Å². The van der Waals surface area contributed by atoms with E-state index in [1.54, 1.807) is 0 Å². The minimum atomic E-state index is 0. The summed E-state index contributed by atoms with van der Waals surface area (Å²) >= 11 is 0. The number of pyridine rings is 2. The molecule has 0 bridgehead atoms. The normalized spacial score (nSPS) is 10.5. The molecule has 0 aliphatic carbocycles. The molecule has 0 aliphatic heterocycles. The number of nitrogens with zero attached hydrogens (tertiary/aromatic N) is 2. The standard InChI is InChI=1S/C18H12NO.C13H12N.Ir/c1-12-9-10-16(19-11-12)15-7-4-6-14-13-5-2-3-8-17(13)20-18(14)15;1-10-8-13(14-9-11(10)2)12-6-4-3-5-7-12;/h2-6,8-11H,1H3;3-6,8-9H,1-2H3;/q2*-1;. The smallest absolute Gasteiger partial charge is 0.120 e. The Hall–Kier alpha value is -3.59. The molecule has 0 aliphatic rings. The number of furan rings is 1. The number of para-hydroxylation sites is 1. The largest absolute Gasteiger partial charge is 0.501 e. The van der Waals surface area contributed by atoms with E-state index in [0.29, 0.717) is 0 Å². The number of benzene rings is 3. The van der Waals surface area contributed by atoms with Crippen molar-refractivity contribution < 1.29 is 24.5 Å². The second-order valence-corrected chi connectivity index (χ2v) is 8.34. The van der Waals surface area contributed by atoms with Crippen LogP contribution >= 0.6 is 0 Å². The van der Waals surface area contributed by atoms with Gasteiger partial charge in [-0.1, -0.05) is 52.9 Å². The van der Waals surface area contributed by atoms with Crippen LogP contribution in [-0.4, -0.2) is 9.97 Å². The first-order chi connectivity index (χ1) is 16.6. The maximum absolute atomic E-state index is 6.00. The molecule has 4 heteroatoms. The summed E-state index contributed by atoms with van der Waals surface area (Å²) in [5.41, 5.74) is 9.24. The van der Waals surface area contributed by atoms with Crippen molar-refractivity contribution in [1.29, 1.82) is 0 Å². The SMILES string of the molecule is Cc1ccc(-c2[c-]ccc3c2oc2ccccc23)nc1.Cc1cnc(-c2[c-]cccc2)cc1C.[Ir]. The molecule has 0 amide bonds. The Balaban J connectivity index is 0.000000171. The molecule has 175 valence electrons. The van der Waals surface area contributed by atoms with Crippen molar-refractivity contribution in [1.82, 2.24) is 9.97 Å². The number of hydrogen-bond donors (Lipinski definition) is 0. The third-order valence-electron chi connectivity index (χ3n) is 5.86. The Morgan fingerprint density at radius 2 is 1.49 bits per heavy atom. The second-order valence-electron chi connectivity index (χ2n) is 8.34. The van der Waals surface area contributed by atoms with E-state index < -0.39 is 0 Å². The average Bonchev–Trinajstić information content (AvgIpc) is 3.26. The predicted octanol–water partition coefficient (Wildman–Crippen LogP) is 7.92. The van der Waals surface area contributed by atoms with Crippen molar-refractivity contribution in [3.63, 3.8) is 0 Å². The van der Waals surface area contributed by atoms with E-state index in [2.05, 4.69) is 54.1 Å². The van der Waals surface area contributed by atoms with Gasteiger partial charge in [0.2, 0.25) is 0 Å². The summed E-state index contributed by atoms with van der Waals surface area (Å²) in [4.78, 5) is 8.86. The summed E-state index contributed by atoms with van der Waals surface area (Å²) in [6.07, 6.45) is 3.77. The van der Waals surface area contributed by atoms with Crippen LogP contribution in [0.5, 0.6) is 0 Å². The number of aryl methyl sites for hydroxylation is 3. The monoisotopic (exact) mass is 633 g/mol. The van der Waals surface area contributed by atoms with E-state index in [1.807, 2.05) is 80.0 Å². The first-order valence-corrected chi connectivity index (χ1v) is 11.3. The molecule has 0 saturated carbocycles. The van der Waals surface area contributed by atoms with Gasteiger partial charge in [-0.3, -0.25) is 0 Å². The van der Waals surface area contributed by atoms with Crippen molar-refractivity contribution in [2.24, 2.45) is 0 Å². The van der Waals surface area contributed by atoms with Crippen LogP contribution in [0.2, 0.25) is 0 Å². The van der Waals surface area contributed by atoms with Gasteiger partial charge < -0.3 is 14.4 Å². The fourth-order valence-electron chi connectivity index (χ4n) is 3.82. The van der Waals surface area contributed by atoms with Gasteiger partial charge in [-0.05, 0) is 49.4 Å². The molecule has 1 radical (unpaired) electrons. The first kappa shape index (κ1) is 24.5. The summed E-state index contributed by atoms with van der Waals surface area (Å²) < 4.78 is 6.00. The van der Waals surface area contributed by atoms with Gasteiger partial charge in [-0.25, -0.2) is 0 Å². The number of rotatable bonds is 2. The van der Waals surface area contributed by atoms with E-state index in [1.165, 1.54) is 11.1 Å². The average molecular weight is 633 g/mol. The molecule has 3 aromatic carbocycles. The zero-order chi connectivity index (χ0) is 23.5. The fourth-order valence-corrected chi connectivity index (χ4v) is 3.82. The van der Waals surface area contributed by atoms with Crippen LogP contribution in [0.3, 0.4) is 0 Å². The molecule has 3 aromatic heterocycles. The first-order valence-electron chi connectivity index (χ1n) is 11.3. The summed E-state index contributed by atoms with van der Waals surface area (Å²) in [7, 11) is 0. The Labute approximate surface area is 219 Å². The van der Waals surface area contributed by atoms with Crippen LogP contribution in [0.25, 0.3) is 44.5 Å². The second kappa shape index (κ2) is 10.8. The molecule has 35 heavy (non-hydrogen) atoms. The predicted molar refractivity (Wildman–Crippen MR) is 139 cm³/mol. The van der Waals surface area contributed by atoms with E-state index >= 15 is 0 Å². The molecular weight excluding hydrogens is 609 g/mol. The molecule has 0 fully saturated rings. The van der Waals surface area contributed by atoms with E-state index in [9.17, 15) is 0 Å². The third-order valence-corrected chi connectivity index (χ3v) is 5.86. The van der Waals surface area contributed by atoms with Crippen LogP contribution in [0.15, 0.2) is 95.7 Å². The molecule has 0 atom stereocenters. The Bertz CT molecular complexity index is 1570. The van der Waals surface area contributed by atoms with Gasteiger partial charge in [0.25, 0.3) is 0 Å². The van der Waals surface area contributed by atoms with Crippen LogP contribution in [0.1, 0.15) is 16.7 Å². The van der Waals surface area contributed by atoms with Gasteiger partial charge in [-0.2, -0.15) is 0 Å². The van der Waals surface area contributed by atoms with Crippen molar-refractivity contribution in [3.8, 4) is 22.5 Å². The maximum Gasteiger partial charge on any atom is 0.120 e. The molecule has 0 N–H and O–H groups in total. The number of fused-ring (bicyclic) bond motifs is 3. The Morgan fingerprint density at radius 1 is 0.686 bits per heavy atom. The van der Waals surface area contributed by atoms with Crippen LogP contribution < -0.4 is 0 Å². The van der Waals surface area contributed by atoms with Gasteiger partial charge in [0, 0.05) is 37.9 Å². The molecule has 0 saturated heterocycles. The van der Waals surface area contributed by atoms with Gasteiger partial charge in [-0.15, -0.1) is 54.1 Å². The zero-order valence-corrected chi connectivity index (χ0v) is 22.2. The van der Waals surface area contributed by atoms with Gasteiger partial charge in [0.15, 0.2) is 0 Å². The summed E-state index contributed by atoms with van der Waals surface area (Å²) in [6.45, 7) is 6.20. The number of aromatic nitrogens is 2. The minimum Gasteiger partial charge on any atom is -0.501 e. The summed E-state index contributed by atoms with van der Waals surface area (Å²) in [5.74, 6) is 0. The van der Waals surface area contributed by atoms with Gasteiger partial charge >= 0.3 is 0 Å². The van der Waals surface area contributed by atoms with Crippen molar-refractivity contribution in [2.45, 2.75) is 20.8 Å². The topological polar surface area (TPSA) is 38.9 Å². The molecule has 0 unspecified atom stereocenters. The molecule has 6 aromatic rings. The summed E-state index contributed by atoms with van der Waals surface area (Å²) in [5, 5.41) is 2.24. The number of hydrogen-bond acceptors (Lipinski definition) is 3. The quantitative estimate of drug-likeness (QED) is 0.182. The van der Waals surface area contributed by atoms with E-state index in [4.69, 9.17) is 4.42 Å². The van der Waals surface area contributed by atoms with Crippen molar-refractivity contribution >= 4 is 21.9 Å². The van der Waals surface area contributed by atoms with Crippen molar-refractivity contribution in [2.75, 3.05) is 0 Å². The van der Waals surface area contributed by atoms with Gasteiger partial charge in [0.1, 0.15) is 5.58 Å².